The number of benzene rings is 1. The van der Waals surface area contributed by atoms with Crippen molar-refractivity contribution in [2.24, 2.45) is 5.73 Å². The summed E-state index contributed by atoms with van der Waals surface area (Å²) in [7, 11) is -3.47. The number of nitrogens with zero attached hydrogens (tertiary/aromatic N) is 1. The lowest BCUT2D eigenvalue weighted by Gasteiger charge is -2.18. The van der Waals surface area contributed by atoms with Gasteiger partial charge in [-0.25, -0.2) is 8.42 Å². The quantitative estimate of drug-likeness (QED) is 0.741. The molecule has 1 aromatic heterocycles. The van der Waals surface area contributed by atoms with Crippen molar-refractivity contribution in [1.29, 1.82) is 0 Å². The van der Waals surface area contributed by atoms with Gasteiger partial charge >= 0.3 is 0 Å². The molecule has 0 saturated carbocycles. The van der Waals surface area contributed by atoms with Gasteiger partial charge in [-0.1, -0.05) is 26.0 Å². The van der Waals surface area contributed by atoms with Gasteiger partial charge in [-0.05, 0) is 23.8 Å². The van der Waals surface area contributed by atoms with Crippen molar-refractivity contribution >= 4 is 15.9 Å². The highest BCUT2D eigenvalue weighted by molar-refractivity contribution is 7.89. The van der Waals surface area contributed by atoms with E-state index < -0.39 is 10.0 Å². The van der Waals surface area contributed by atoms with Crippen LogP contribution in [0, 0.1) is 0 Å². The van der Waals surface area contributed by atoms with Crippen LogP contribution in [0.15, 0.2) is 45.9 Å². The Hall–Kier alpha value is -2.16. The number of hydrogen-bond donors (Lipinski definition) is 2. The summed E-state index contributed by atoms with van der Waals surface area (Å²) in [6.45, 7) is 4.97. The number of nitrogens with one attached hydrogen (secondary N) is 1. The third-order valence-corrected chi connectivity index (χ3v) is 5.90. The van der Waals surface area contributed by atoms with Crippen molar-refractivity contribution in [1.82, 2.24) is 9.62 Å². The zero-order valence-corrected chi connectivity index (χ0v) is 15.2. The molecule has 0 aliphatic carbocycles. The second kappa shape index (κ2) is 8.28. The maximum absolute atomic E-state index is 12.4. The number of carbonyl (C=O) groups is 1. The molecule has 136 valence electrons. The van der Waals surface area contributed by atoms with E-state index in [9.17, 15) is 13.2 Å². The molecule has 1 heterocycles. The second-order valence-electron chi connectivity index (χ2n) is 5.42. The van der Waals surface area contributed by atoms with Crippen LogP contribution in [0.3, 0.4) is 0 Å². The maximum atomic E-state index is 12.4. The molecule has 2 aromatic rings. The summed E-state index contributed by atoms with van der Waals surface area (Å²) in [6.07, 6.45) is 1.36. The Morgan fingerprint density at radius 3 is 2.36 bits per heavy atom. The number of hydrogen-bond acceptors (Lipinski definition) is 5. The van der Waals surface area contributed by atoms with Crippen molar-refractivity contribution in [2.45, 2.75) is 31.8 Å². The molecule has 1 amide bonds. The van der Waals surface area contributed by atoms with Gasteiger partial charge in [0, 0.05) is 19.6 Å². The fourth-order valence-corrected chi connectivity index (χ4v) is 3.84. The lowest BCUT2D eigenvalue weighted by Crippen LogP contribution is -2.30. The topological polar surface area (TPSA) is 106 Å². The molecule has 0 radical (unpaired) electrons. The first-order valence-corrected chi connectivity index (χ1v) is 9.51. The molecule has 2 rings (SSSR count). The molecule has 0 saturated heterocycles. The zero-order valence-electron chi connectivity index (χ0n) is 14.4. The van der Waals surface area contributed by atoms with Crippen molar-refractivity contribution in [3.05, 3.63) is 53.5 Å². The summed E-state index contributed by atoms with van der Waals surface area (Å²) in [6, 6.07) is 8.09. The van der Waals surface area contributed by atoms with Crippen LogP contribution in [-0.2, 0) is 23.1 Å². The molecule has 0 aliphatic heterocycles. The van der Waals surface area contributed by atoms with E-state index in [0.717, 1.165) is 5.56 Å². The van der Waals surface area contributed by atoms with Crippen LogP contribution in [-0.4, -0.2) is 31.7 Å². The van der Waals surface area contributed by atoms with Crippen LogP contribution in [0.1, 0.15) is 35.5 Å². The van der Waals surface area contributed by atoms with E-state index in [0.29, 0.717) is 24.4 Å². The number of rotatable bonds is 8. The standard InChI is InChI=1S/C17H23N3O4S/c1-3-20(4-2)25(22,23)16-7-5-13(6-8-16)11-19-17(21)14-9-15(10-18)24-12-14/h5-9,12H,3-4,10-11,18H2,1-2H3,(H,19,21). The minimum atomic E-state index is -3.47. The molecule has 7 nitrogen and oxygen atoms in total. The lowest BCUT2D eigenvalue weighted by molar-refractivity contribution is 0.0950. The Morgan fingerprint density at radius 1 is 1.20 bits per heavy atom. The average molecular weight is 365 g/mol. The van der Waals surface area contributed by atoms with Crippen LogP contribution < -0.4 is 11.1 Å². The van der Waals surface area contributed by atoms with Gasteiger partial charge in [0.15, 0.2) is 0 Å². The summed E-state index contributed by atoms with van der Waals surface area (Å²) >= 11 is 0. The number of carbonyl (C=O) groups excluding carboxylic acids is 1. The lowest BCUT2D eigenvalue weighted by atomic mass is 10.2. The Morgan fingerprint density at radius 2 is 1.84 bits per heavy atom. The van der Waals surface area contributed by atoms with Crippen LogP contribution in [0.4, 0.5) is 0 Å². The zero-order chi connectivity index (χ0) is 18.4. The molecule has 0 fully saturated rings. The van der Waals surface area contributed by atoms with E-state index in [1.807, 2.05) is 0 Å². The number of sulfonamides is 1. The number of nitrogens with two attached hydrogens (primary N) is 1. The molecule has 0 unspecified atom stereocenters. The molecule has 0 spiro atoms. The molecule has 1 aromatic carbocycles. The minimum Gasteiger partial charge on any atom is -0.467 e. The third-order valence-electron chi connectivity index (χ3n) is 3.84. The highest BCUT2D eigenvalue weighted by Gasteiger charge is 2.21. The Labute approximate surface area is 147 Å². The van der Waals surface area contributed by atoms with E-state index in [-0.39, 0.29) is 23.9 Å². The summed E-state index contributed by atoms with van der Waals surface area (Å²) in [5.74, 6) is 0.263. The van der Waals surface area contributed by atoms with Gasteiger partial charge in [-0.15, -0.1) is 0 Å². The normalized spacial score (nSPS) is 11.7. The predicted molar refractivity (Wildman–Crippen MR) is 94.3 cm³/mol. The summed E-state index contributed by atoms with van der Waals surface area (Å²) < 4.78 is 31.4. The van der Waals surface area contributed by atoms with Gasteiger partial charge in [-0.2, -0.15) is 4.31 Å². The van der Waals surface area contributed by atoms with Crippen LogP contribution >= 0.6 is 0 Å². The Balaban J connectivity index is 2.02. The molecule has 3 N–H and O–H groups in total. The highest BCUT2D eigenvalue weighted by atomic mass is 32.2. The average Bonchev–Trinajstić information content (AvgIpc) is 3.10. The van der Waals surface area contributed by atoms with E-state index in [1.165, 1.54) is 10.6 Å². The molecule has 8 heteroatoms. The first-order valence-electron chi connectivity index (χ1n) is 8.07. The van der Waals surface area contributed by atoms with Crippen molar-refractivity contribution in [2.75, 3.05) is 13.1 Å². The molecular formula is C17H23N3O4S. The summed E-state index contributed by atoms with van der Waals surface area (Å²) in [5, 5.41) is 2.76. The highest BCUT2D eigenvalue weighted by Crippen LogP contribution is 2.16. The van der Waals surface area contributed by atoms with Gasteiger partial charge in [0.25, 0.3) is 5.91 Å². The predicted octanol–water partition coefficient (Wildman–Crippen LogP) is 1.70. The first kappa shape index (κ1) is 19.2. The van der Waals surface area contributed by atoms with Crippen molar-refractivity contribution < 1.29 is 17.6 Å². The SMILES string of the molecule is CCN(CC)S(=O)(=O)c1ccc(CNC(=O)c2coc(CN)c2)cc1. The Bertz CT molecular complexity index is 809. The Kier molecular flexibility index (Phi) is 6.35. The maximum Gasteiger partial charge on any atom is 0.254 e. The monoisotopic (exact) mass is 365 g/mol. The minimum absolute atomic E-state index is 0.232. The number of amides is 1. The van der Waals surface area contributed by atoms with Gasteiger partial charge < -0.3 is 15.5 Å². The fraction of sp³-hybridized carbons (Fsp3) is 0.353. The van der Waals surface area contributed by atoms with Gasteiger partial charge in [-0.3, -0.25) is 4.79 Å². The van der Waals surface area contributed by atoms with E-state index >= 15 is 0 Å². The van der Waals surface area contributed by atoms with E-state index in [2.05, 4.69) is 5.32 Å². The van der Waals surface area contributed by atoms with E-state index in [4.69, 9.17) is 10.2 Å². The van der Waals surface area contributed by atoms with Crippen LogP contribution in [0.25, 0.3) is 0 Å². The van der Waals surface area contributed by atoms with E-state index in [1.54, 1.807) is 44.2 Å². The third kappa shape index (κ3) is 4.47. The van der Waals surface area contributed by atoms with Gasteiger partial charge in [0.2, 0.25) is 10.0 Å². The largest absolute Gasteiger partial charge is 0.467 e. The van der Waals surface area contributed by atoms with Crippen molar-refractivity contribution in [3.8, 4) is 0 Å². The van der Waals surface area contributed by atoms with Crippen LogP contribution in [0.2, 0.25) is 0 Å². The number of furan rings is 1. The molecule has 0 aliphatic rings. The molecular weight excluding hydrogens is 342 g/mol. The molecule has 25 heavy (non-hydrogen) atoms. The first-order chi connectivity index (χ1) is 11.9. The molecule has 0 bridgehead atoms. The molecule has 0 atom stereocenters. The van der Waals surface area contributed by atoms with Gasteiger partial charge in [0.05, 0.1) is 17.0 Å². The second-order valence-corrected chi connectivity index (χ2v) is 7.36. The smallest absolute Gasteiger partial charge is 0.254 e. The fourth-order valence-electron chi connectivity index (χ4n) is 2.38. The van der Waals surface area contributed by atoms with Crippen LogP contribution in [0.5, 0.6) is 0 Å². The summed E-state index contributed by atoms with van der Waals surface area (Å²) in [4.78, 5) is 12.3. The van der Waals surface area contributed by atoms with Gasteiger partial charge in [0.1, 0.15) is 12.0 Å². The van der Waals surface area contributed by atoms with Crippen molar-refractivity contribution in [3.63, 3.8) is 0 Å². The summed E-state index contributed by atoms with van der Waals surface area (Å²) in [5.41, 5.74) is 6.65.